The monoisotopic (exact) mass is 501 g/mol. The Hall–Kier alpha value is -2.88. The molecule has 0 radical (unpaired) electrons. The first-order valence-corrected chi connectivity index (χ1v) is 12.1. The van der Waals surface area contributed by atoms with Crippen molar-refractivity contribution in [3.8, 4) is 0 Å². The number of anilines is 1. The number of hydrogen-bond acceptors (Lipinski definition) is 6. The first kappa shape index (κ1) is 23.8. The molecule has 2 atom stereocenters. The van der Waals surface area contributed by atoms with E-state index in [9.17, 15) is 9.18 Å². The summed E-state index contributed by atoms with van der Waals surface area (Å²) in [7, 11) is 0. The quantitative estimate of drug-likeness (QED) is 0.469. The number of rotatable bonds is 6. The Labute approximate surface area is 206 Å². The van der Waals surface area contributed by atoms with Crippen molar-refractivity contribution in [2.45, 2.75) is 37.0 Å². The van der Waals surface area contributed by atoms with E-state index in [0.29, 0.717) is 42.4 Å². The van der Waals surface area contributed by atoms with E-state index in [2.05, 4.69) is 25.9 Å². The molecule has 1 aromatic heterocycles. The van der Waals surface area contributed by atoms with Gasteiger partial charge in [0.1, 0.15) is 11.5 Å². The summed E-state index contributed by atoms with van der Waals surface area (Å²) in [4.78, 5) is 22.2. The van der Waals surface area contributed by atoms with E-state index in [1.807, 2.05) is 0 Å². The maximum Gasteiger partial charge on any atom is 0.251 e. The predicted molar refractivity (Wildman–Crippen MR) is 130 cm³/mol. The Morgan fingerprint density at radius 2 is 2.06 bits per heavy atom. The molecule has 2 aliphatic rings. The van der Waals surface area contributed by atoms with Gasteiger partial charge in [0.15, 0.2) is 0 Å². The van der Waals surface area contributed by atoms with Crippen LogP contribution in [0.5, 0.6) is 0 Å². The van der Waals surface area contributed by atoms with Crippen LogP contribution in [0.1, 0.15) is 41.2 Å². The SMILES string of the molecule is O=C(NC(c1ccc(F)c(Cl)c1)C1(F)CCNC1)c1ccc2cnc(NC3CCOCC3)nc2c1. The van der Waals surface area contributed by atoms with E-state index < -0.39 is 23.4 Å². The predicted octanol–water partition coefficient (Wildman–Crippen LogP) is 4.19. The van der Waals surface area contributed by atoms with Crippen molar-refractivity contribution >= 4 is 34.4 Å². The average molecular weight is 502 g/mol. The Bertz CT molecular complexity index is 1230. The molecule has 184 valence electrons. The third kappa shape index (κ3) is 5.22. The van der Waals surface area contributed by atoms with Gasteiger partial charge < -0.3 is 20.7 Å². The summed E-state index contributed by atoms with van der Waals surface area (Å²) in [6.07, 6.45) is 3.66. The molecule has 2 aromatic carbocycles. The molecule has 0 spiro atoms. The maximum absolute atomic E-state index is 15.8. The molecule has 7 nitrogen and oxygen atoms in total. The van der Waals surface area contributed by atoms with Crippen LogP contribution in [0.25, 0.3) is 10.9 Å². The minimum absolute atomic E-state index is 0.0686. The zero-order chi connectivity index (χ0) is 24.4. The topological polar surface area (TPSA) is 88.2 Å². The zero-order valence-corrected chi connectivity index (χ0v) is 19.7. The lowest BCUT2D eigenvalue weighted by Crippen LogP contribution is -2.44. The van der Waals surface area contributed by atoms with Crippen molar-refractivity contribution in [3.05, 3.63) is 64.6 Å². The number of halogens is 3. The fraction of sp³-hybridized carbons (Fsp3) is 0.400. The summed E-state index contributed by atoms with van der Waals surface area (Å²) in [5, 5.41) is 9.80. The van der Waals surface area contributed by atoms with Crippen LogP contribution in [0.2, 0.25) is 5.02 Å². The summed E-state index contributed by atoms with van der Waals surface area (Å²) in [6.45, 7) is 1.94. The van der Waals surface area contributed by atoms with Gasteiger partial charge in [-0.3, -0.25) is 4.79 Å². The molecule has 1 amide bonds. The number of hydrogen-bond donors (Lipinski definition) is 3. The Morgan fingerprint density at radius 3 is 2.80 bits per heavy atom. The van der Waals surface area contributed by atoms with Crippen LogP contribution in [0.3, 0.4) is 0 Å². The second-order valence-electron chi connectivity index (χ2n) is 9.04. The maximum atomic E-state index is 15.8. The molecule has 3 N–H and O–H groups in total. The second kappa shape index (κ2) is 10.0. The first-order valence-electron chi connectivity index (χ1n) is 11.7. The van der Waals surface area contributed by atoms with Crippen LogP contribution in [0, 0.1) is 5.82 Å². The molecule has 3 heterocycles. The van der Waals surface area contributed by atoms with E-state index >= 15 is 4.39 Å². The zero-order valence-electron chi connectivity index (χ0n) is 19.0. The van der Waals surface area contributed by atoms with Gasteiger partial charge in [-0.15, -0.1) is 0 Å². The number of amides is 1. The van der Waals surface area contributed by atoms with Gasteiger partial charge >= 0.3 is 0 Å². The van der Waals surface area contributed by atoms with Crippen LogP contribution in [-0.2, 0) is 4.74 Å². The van der Waals surface area contributed by atoms with Crippen LogP contribution >= 0.6 is 11.6 Å². The van der Waals surface area contributed by atoms with E-state index in [4.69, 9.17) is 16.3 Å². The van der Waals surface area contributed by atoms with Crippen molar-refractivity contribution in [2.24, 2.45) is 0 Å². The number of carbonyl (C=O) groups is 1. The fourth-order valence-corrected chi connectivity index (χ4v) is 4.79. The van der Waals surface area contributed by atoms with Gasteiger partial charge in [-0.2, -0.15) is 0 Å². The minimum Gasteiger partial charge on any atom is -0.381 e. The Morgan fingerprint density at radius 1 is 1.23 bits per heavy atom. The van der Waals surface area contributed by atoms with E-state index in [1.54, 1.807) is 24.4 Å². The Balaban J connectivity index is 1.40. The highest BCUT2D eigenvalue weighted by Crippen LogP contribution is 2.36. The lowest BCUT2D eigenvalue weighted by atomic mass is 9.89. The van der Waals surface area contributed by atoms with Crippen molar-refractivity contribution in [1.29, 1.82) is 0 Å². The molecule has 2 unspecified atom stereocenters. The van der Waals surface area contributed by atoms with Crippen LogP contribution in [-0.4, -0.2) is 53.9 Å². The van der Waals surface area contributed by atoms with Gasteiger partial charge in [-0.1, -0.05) is 23.7 Å². The summed E-state index contributed by atoms with van der Waals surface area (Å²) < 4.78 is 35.0. The van der Waals surface area contributed by atoms with Crippen molar-refractivity contribution in [2.75, 3.05) is 31.6 Å². The molecule has 35 heavy (non-hydrogen) atoms. The number of alkyl halides is 1. The third-order valence-corrected chi connectivity index (χ3v) is 6.90. The molecular formula is C25H26ClF2N5O2. The molecular weight excluding hydrogens is 476 g/mol. The highest BCUT2D eigenvalue weighted by molar-refractivity contribution is 6.30. The minimum atomic E-state index is -1.74. The number of nitrogens with one attached hydrogen (secondary N) is 3. The summed E-state index contributed by atoms with van der Waals surface area (Å²) in [5.41, 5.74) is -0.402. The average Bonchev–Trinajstić information content (AvgIpc) is 3.31. The molecule has 0 saturated carbocycles. The van der Waals surface area contributed by atoms with Crippen molar-refractivity contribution in [3.63, 3.8) is 0 Å². The standard InChI is InChI=1S/C25H26ClF2N5O2/c26-19-11-15(3-4-20(19)27)22(25(28)7-8-29-14-25)33-23(34)16-1-2-17-13-30-24(32-21(17)12-16)31-18-5-9-35-10-6-18/h1-4,11-13,18,22,29H,5-10,14H2,(H,33,34)(H,30,31,32). The molecule has 0 bridgehead atoms. The number of ether oxygens (including phenoxy) is 1. The van der Waals surface area contributed by atoms with Gasteiger partial charge in [0.25, 0.3) is 5.91 Å². The summed E-state index contributed by atoms with van der Waals surface area (Å²) >= 11 is 5.96. The smallest absolute Gasteiger partial charge is 0.251 e. The van der Waals surface area contributed by atoms with Gasteiger partial charge in [0.2, 0.25) is 5.95 Å². The summed E-state index contributed by atoms with van der Waals surface area (Å²) in [5.74, 6) is -0.573. The van der Waals surface area contributed by atoms with Crippen molar-refractivity contribution in [1.82, 2.24) is 20.6 Å². The van der Waals surface area contributed by atoms with Crippen molar-refractivity contribution < 1.29 is 18.3 Å². The van der Waals surface area contributed by atoms with Gasteiger partial charge in [0, 0.05) is 42.9 Å². The van der Waals surface area contributed by atoms with Gasteiger partial charge in [-0.25, -0.2) is 18.7 Å². The number of nitrogens with zero attached hydrogens (tertiary/aromatic N) is 2. The Kier molecular flexibility index (Phi) is 6.82. The lowest BCUT2D eigenvalue weighted by molar-refractivity contribution is 0.0813. The lowest BCUT2D eigenvalue weighted by Gasteiger charge is -2.31. The van der Waals surface area contributed by atoms with Gasteiger partial charge in [0.05, 0.1) is 16.6 Å². The van der Waals surface area contributed by atoms with E-state index in [1.165, 1.54) is 18.2 Å². The fourth-order valence-electron chi connectivity index (χ4n) is 4.60. The molecule has 5 rings (SSSR count). The third-order valence-electron chi connectivity index (χ3n) is 6.61. The molecule has 0 aliphatic carbocycles. The molecule has 2 aliphatic heterocycles. The van der Waals surface area contributed by atoms with E-state index in [0.717, 1.165) is 18.2 Å². The highest BCUT2D eigenvalue weighted by Gasteiger charge is 2.44. The number of carbonyl (C=O) groups excluding carboxylic acids is 1. The number of benzene rings is 2. The van der Waals surface area contributed by atoms with Crippen LogP contribution < -0.4 is 16.0 Å². The number of aromatic nitrogens is 2. The van der Waals surface area contributed by atoms with Gasteiger partial charge in [-0.05, 0) is 55.6 Å². The molecule has 10 heteroatoms. The van der Waals surface area contributed by atoms with Crippen LogP contribution in [0.4, 0.5) is 14.7 Å². The molecule has 2 saturated heterocycles. The molecule has 3 aromatic rings. The second-order valence-corrected chi connectivity index (χ2v) is 9.45. The highest BCUT2D eigenvalue weighted by atomic mass is 35.5. The largest absolute Gasteiger partial charge is 0.381 e. The number of fused-ring (bicyclic) bond motifs is 1. The first-order chi connectivity index (χ1) is 16.9. The van der Waals surface area contributed by atoms with E-state index in [-0.39, 0.29) is 24.0 Å². The molecule has 2 fully saturated rings. The normalized spacial score (nSPS) is 21.7. The van der Waals surface area contributed by atoms with Crippen LogP contribution in [0.15, 0.2) is 42.6 Å². The summed E-state index contributed by atoms with van der Waals surface area (Å²) in [6, 6.07) is 8.30.